The maximum Gasteiger partial charge on any atom is 0.389 e. The van der Waals surface area contributed by atoms with Crippen LogP contribution in [0.2, 0.25) is 0 Å². The van der Waals surface area contributed by atoms with Crippen LogP contribution in [0.15, 0.2) is 0 Å². The second-order valence-corrected chi connectivity index (χ2v) is 3.96. The van der Waals surface area contributed by atoms with Crippen molar-refractivity contribution in [2.24, 2.45) is 5.41 Å². The van der Waals surface area contributed by atoms with Gasteiger partial charge in [0.05, 0.1) is 12.0 Å². The summed E-state index contributed by atoms with van der Waals surface area (Å²) in [6, 6.07) is 0. The molecule has 0 saturated carbocycles. The maximum atomic E-state index is 11.7. The number of ether oxygens (including phenoxy) is 1. The van der Waals surface area contributed by atoms with Crippen molar-refractivity contribution in [1.82, 2.24) is 0 Å². The van der Waals surface area contributed by atoms with Gasteiger partial charge in [0.15, 0.2) is 0 Å². The van der Waals surface area contributed by atoms with E-state index < -0.39 is 24.0 Å². The summed E-state index contributed by atoms with van der Waals surface area (Å²) in [6.07, 6.45) is -5.22. The smallest absolute Gasteiger partial charge is 0.389 e. The van der Waals surface area contributed by atoms with Gasteiger partial charge in [-0.3, -0.25) is 4.79 Å². The van der Waals surface area contributed by atoms with Crippen molar-refractivity contribution in [2.75, 3.05) is 13.2 Å². The first-order valence-corrected chi connectivity index (χ1v) is 4.53. The molecule has 15 heavy (non-hydrogen) atoms. The monoisotopic (exact) mass is 228 g/mol. The van der Waals surface area contributed by atoms with Crippen LogP contribution in [0, 0.1) is 5.41 Å². The predicted octanol–water partition coefficient (Wildman–Crippen LogP) is 2.46. The molecule has 0 aliphatic heterocycles. The number of halogens is 3. The number of carboxylic acid groups (broad SMARTS) is 1. The molecule has 0 atom stereocenters. The average molecular weight is 228 g/mol. The zero-order valence-corrected chi connectivity index (χ0v) is 8.73. The van der Waals surface area contributed by atoms with Crippen molar-refractivity contribution in [3.8, 4) is 0 Å². The standard InChI is InChI=1S/C9H15F3O3/c1-8(2,7(13)14)6-15-5-3-4-9(10,11)12/h3-6H2,1-2H3,(H,13,14). The van der Waals surface area contributed by atoms with Gasteiger partial charge in [0.1, 0.15) is 0 Å². The van der Waals surface area contributed by atoms with E-state index >= 15 is 0 Å². The van der Waals surface area contributed by atoms with Crippen molar-refractivity contribution in [1.29, 1.82) is 0 Å². The molecule has 0 spiro atoms. The molecule has 0 aromatic carbocycles. The van der Waals surface area contributed by atoms with Crippen LogP contribution in [-0.2, 0) is 9.53 Å². The van der Waals surface area contributed by atoms with Gasteiger partial charge < -0.3 is 9.84 Å². The molecule has 0 amide bonds. The summed E-state index contributed by atoms with van der Waals surface area (Å²) < 4.78 is 40.0. The molecule has 0 aromatic rings. The van der Waals surface area contributed by atoms with Crippen molar-refractivity contribution in [2.45, 2.75) is 32.9 Å². The number of hydrogen-bond acceptors (Lipinski definition) is 2. The van der Waals surface area contributed by atoms with Gasteiger partial charge in [-0.1, -0.05) is 0 Å². The van der Waals surface area contributed by atoms with Crippen LogP contribution in [0.3, 0.4) is 0 Å². The normalized spacial score (nSPS) is 12.9. The van der Waals surface area contributed by atoms with Gasteiger partial charge in [-0.15, -0.1) is 0 Å². The quantitative estimate of drug-likeness (QED) is 0.710. The fraction of sp³-hybridized carbons (Fsp3) is 0.889. The fourth-order valence-corrected chi connectivity index (χ4v) is 0.764. The molecule has 3 nitrogen and oxygen atoms in total. The van der Waals surface area contributed by atoms with Crippen LogP contribution >= 0.6 is 0 Å². The highest BCUT2D eigenvalue weighted by Gasteiger charge is 2.28. The van der Waals surface area contributed by atoms with Crippen LogP contribution in [0.25, 0.3) is 0 Å². The Morgan fingerprint density at radius 1 is 1.33 bits per heavy atom. The Morgan fingerprint density at radius 2 is 1.87 bits per heavy atom. The number of alkyl halides is 3. The van der Waals surface area contributed by atoms with E-state index in [1.807, 2.05) is 0 Å². The topological polar surface area (TPSA) is 46.5 Å². The summed E-state index contributed by atoms with van der Waals surface area (Å²) in [4.78, 5) is 10.6. The zero-order chi connectivity index (χ0) is 12.1. The molecule has 0 aromatic heterocycles. The van der Waals surface area contributed by atoms with Crippen molar-refractivity contribution in [3.63, 3.8) is 0 Å². The highest BCUT2D eigenvalue weighted by molar-refractivity contribution is 5.73. The van der Waals surface area contributed by atoms with Crippen molar-refractivity contribution in [3.05, 3.63) is 0 Å². The second kappa shape index (κ2) is 5.34. The Kier molecular flexibility index (Phi) is 5.07. The molecular weight excluding hydrogens is 213 g/mol. The highest BCUT2D eigenvalue weighted by Crippen LogP contribution is 2.21. The van der Waals surface area contributed by atoms with E-state index in [4.69, 9.17) is 9.84 Å². The molecular formula is C9H15F3O3. The molecule has 0 unspecified atom stereocenters. The van der Waals surface area contributed by atoms with Gasteiger partial charge in [-0.05, 0) is 20.3 Å². The first-order chi connectivity index (χ1) is 6.65. The van der Waals surface area contributed by atoms with Crippen LogP contribution < -0.4 is 0 Å². The molecule has 6 heteroatoms. The summed E-state index contributed by atoms with van der Waals surface area (Å²) in [7, 11) is 0. The number of aliphatic carboxylic acids is 1. The van der Waals surface area contributed by atoms with E-state index in [9.17, 15) is 18.0 Å². The molecule has 0 rings (SSSR count). The minimum Gasteiger partial charge on any atom is -0.481 e. The molecule has 0 saturated heterocycles. The third-order valence-corrected chi connectivity index (χ3v) is 1.79. The van der Waals surface area contributed by atoms with Crippen molar-refractivity contribution >= 4 is 5.97 Å². The number of carboxylic acids is 1. The lowest BCUT2D eigenvalue weighted by Crippen LogP contribution is -2.29. The molecule has 0 fully saturated rings. The highest BCUT2D eigenvalue weighted by atomic mass is 19.4. The second-order valence-electron chi connectivity index (χ2n) is 3.96. The van der Waals surface area contributed by atoms with Gasteiger partial charge in [0.25, 0.3) is 0 Å². The Hall–Kier alpha value is -0.780. The summed E-state index contributed by atoms with van der Waals surface area (Å²) in [5.74, 6) is -1.03. The summed E-state index contributed by atoms with van der Waals surface area (Å²) in [5.41, 5.74) is -1.06. The number of hydrogen-bond donors (Lipinski definition) is 1. The van der Waals surface area contributed by atoms with Gasteiger partial charge in [0, 0.05) is 13.0 Å². The van der Waals surface area contributed by atoms with E-state index in [0.717, 1.165) is 0 Å². The molecule has 90 valence electrons. The van der Waals surface area contributed by atoms with Crippen LogP contribution in [0.5, 0.6) is 0 Å². The van der Waals surface area contributed by atoms with Gasteiger partial charge in [-0.25, -0.2) is 0 Å². The Bertz CT molecular complexity index is 211. The van der Waals surface area contributed by atoms with Crippen molar-refractivity contribution < 1.29 is 27.8 Å². The van der Waals surface area contributed by atoms with E-state index in [1.165, 1.54) is 13.8 Å². The summed E-state index contributed by atoms with van der Waals surface area (Å²) in [6.45, 7) is 2.76. The number of carbonyl (C=O) groups is 1. The SMILES string of the molecule is CC(C)(COCCCC(F)(F)F)C(=O)O. The molecule has 0 aliphatic rings. The third-order valence-electron chi connectivity index (χ3n) is 1.79. The minimum absolute atomic E-state index is 0.0732. The van der Waals surface area contributed by atoms with Gasteiger partial charge in [0.2, 0.25) is 0 Å². The zero-order valence-electron chi connectivity index (χ0n) is 8.73. The predicted molar refractivity (Wildman–Crippen MR) is 47.5 cm³/mol. The maximum absolute atomic E-state index is 11.7. The molecule has 0 aliphatic carbocycles. The first kappa shape index (κ1) is 14.2. The summed E-state index contributed by atoms with van der Waals surface area (Å²) >= 11 is 0. The first-order valence-electron chi connectivity index (χ1n) is 4.53. The Balaban J connectivity index is 3.60. The summed E-state index contributed by atoms with van der Waals surface area (Å²) in [5, 5.41) is 8.67. The Morgan fingerprint density at radius 3 is 2.27 bits per heavy atom. The molecule has 0 radical (unpaired) electrons. The molecule has 0 bridgehead atoms. The van der Waals surface area contributed by atoms with Crippen LogP contribution in [-0.4, -0.2) is 30.5 Å². The van der Waals surface area contributed by atoms with Gasteiger partial charge >= 0.3 is 12.1 Å². The number of rotatable bonds is 6. The van der Waals surface area contributed by atoms with E-state index in [-0.39, 0.29) is 19.6 Å². The van der Waals surface area contributed by atoms with E-state index in [0.29, 0.717) is 0 Å². The average Bonchev–Trinajstić information content (AvgIpc) is 2.00. The lowest BCUT2D eigenvalue weighted by Gasteiger charge is -2.18. The molecule has 0 heterocycles. The van der Waals surface area contributed by atoms with E-state index in [1.54, 1.807) is 0 Å². The van der Waals surface area contributed by atoms with E-state index in [2.05, 4.69) is 0 Å². The van der Waals surface area contributed by atoms with Crippen LogP contribution in [0.4, 0.5) is 13.2 Å². The molecule has 1 N–H and O–H groups in total. The lowest BCUT2D eigenvalue weighted by molar-refractivity contribution is -0.152. The Labute approximate surface area is 86.2 Å². The minimum atomic E-state index is -4.17. The van der Waals surface area contributed by atoms with Crippen LogP contribution in [0.1, 0.15) is 26.7 Å². The largest absolute Gasteiger partial charge is 0.481 e. The fourth-order valence-electron chi connectivity index (χ4n) is 0.764. The van der Waals surface area contributed by atoms with Gasteiger partial charge in [-0.2, -0.15) is 13.2 Å². The third kappa shape index (κ3) is 7.18. The lowest BCUT2D eigenvalue weighted by atomic mass is 9.95.